The van der Waals surface area contributed by atoms with E-state index in [1.165, 1.54) is 22.1 Å². The van der Waals surface area contributed by atoms with Crippen molar-refractivity contribution in [1.82, 2.24) is 9.97 Å². The molecule has 2 heterocycles. The molecule has 0 unspecified atom stereocenters. The maximum absolute atomic E-state index is 4.47. The number of aromatic nitrogens is 2. The van der Waals surface area contributed by atoms with Crippen molar-refractivity contribution in [3.05, 3.63) is 70.1 Å². The van der Waals surface area contributed by atoms with Crippen LogP contribution >= 0.6 is 15.9 Å². The molecule has 0 spiro atoms. The molecule has 3 heteroatoms. The Morgan fingerprint density at radius 1 is 1.05 bits per heavy atom. The number of pyridine rings is 2. The molecule has 0 atom stereocenters. The zero-order chi connectivity index (χ0) is 13.2. The second-order valence-electron chi connectivity index (χ2n) is 4.69. The van der Waals surface area contributed by atoms with Gasteiger partial charge in [-0.25, -0.2) is 0 Å². The quantitative estimate of drug-likeness (QED) is 0.705. The van der Waals surface area contributed by atoms with E-state index in [0.29, 0.717) is 0 Å². The Bertz CT molecular complexity index is 723. The van der Waals surface area contributed by atoms with Crippen molar-refractivity contribution < 1.29 is 0 Å². The van der Waals surface area contributed by atoms with Gasteiger partial charge in [0.05, 0.1) is 5.52 Å². The maximum atomic E-state index is 4.47. The zero-order valence-corrected chi connectivity index (χ0v) is 12.2. The molecule has 3 rings (SSSR count). The van der Waals surface area contributed by atoms with Crippen molar-refractivity contribution in [2.45, 2.75) is 13.3 Å². The first-order valence-electron chi connectivity index (χ1n) is 6.16. The van der Waals surface area contributed by atoms with Crippen molar-refractivity contribution in [2.24, 2.45) is 0 Å². The standard InChI is InChI=1S/C16H13BrN2/c1-11-6-14-8-13(7-12-2-4-18-5-3-12)9-15(17)16(14)19-10-11/h2-6,8-10H,7H2,1H3. The molecule has 2 nitrogen and oxygen atoms in total. The minimum absolute atomic E-state index is 0.908. The molecule has 0 saturated heterocycles. The molecule has 0 N–H and O–H groups in total. The third-order valence-electron chi connectivity index (χ3n) is 3.09. The fraction of sp³-hybridized carbons (Fsp3) is 0.125. The smallest absolute Gasteiger partial charge is 0.0844 e. The van der Waals surface area contributed by atoms with Crippen LogP contribution in [0.25, 0.3) is 10.9 Å². The van der Waals surface area contributed by atoms with Crippen molar-refractivity contribution in [3.63, 3.8) is 0 Å². The highest BCUT2D eigenvalue weighted by Crippen LogP contribution is 2.25. The van der Waals surface area contributed by atoms with Gasteiger partial charge in [0.15, 0.2) is 0 Å². The summed E-state index contributed by atoms with van der Waals surface area (Å²) in [4.78, 5) is 8.52. The van der Waals surface area contributed by atoms with Crippen LogP contribution in [0.15, 0.2) is 53.4 Å². The molecule has 2 aromatic heterocycles. The Morgan fingerprint density at radius 3 is 2.63 bits per heavy atom. The summed E-state index contributed by atoms with van der Waals surface area (Å²) in [6, 6.07) is 10.6. The summed E-state index contributed by atoms with van der Waals surface area (Å²) in [5.41, 5.74) is 4.74. The van der Waals surface area contributed by atoms with Crippen molar-refractivity contribution in [1.29, 1.82) is 0 Å². The number of aryl methyl sites for hydroxylation is 1. The van der Waals surface area contributed by atoms with Crippen LogP contribution in [-0.2, 0) is 6.42 Å². The van der Waals surface area contributed by atoms with E-state index in [0.717, 1.165) is 16.4 Å². The van der Waals surface area contributed by atoms with Gasteiger partial charge in [0.25, 0.3) is 0 Å². The number of rotatable bonds is 2. The van der Waals surface area contributed by atoms with E-state index in [4.69, 9.17) is 0 Å². The lowest BCUT2D eigenvalue weighted by Gasteiger charge is -2.06. The molecule has 94 valence electrons. The van der Waals surface area contributed by atoms with Gasteiger partial charge in [0.2, 0.25) is 0 Å². The van der Waals surface area contributed by atoms with Crippen LogP contribution in [-0.4, -0.2) is 9.97 Å². The van der Waals surface area contributed by atoms with E-state index >= 15 is 0 Å². The fourth-order valence-corrected chi connectivity index (χ4v) is 2.84. The highest BCUT2D eigenvalue weighted by atomic mass is 79.9. The highest BCUT2D eigenvalue weighted by Gasteiger charge is 2.04. The number of fused-ring (bicyclic) bond motifs is 1. The second-order valence-corrected chi connectivity index (χ2v) is 5.55. The summed E-state index contributed by atoms with van der Waals surface area (Å²) in [5.74, 6) is 0. The predicted octanol–water partition coefficient (Wildman–Crippen LogP) is 4.29. The third-order valence-corrected chi connectivity index (χ3v) is 3.70. The first-order valence-corrected chi connectivity index (χ1v) is 6.95. The summed E-state index contributed by atoms with van der Waals surface area (Å²) < 4.78 is 1.05. The van der Waals surface area contributed by atoms with Gasteiger partial charge in [-0.1, -0.05) is 0 Å². The number of hydrogen-bond donors (Lipinski definition) is 0. The maximum Gasteiger partial charge on any atom is 0.0844 e. The van der Waals surface area contributed by atoms with Gasteiger partial charge in [0, 0.05) is 28.4 Å². The lowest BCUT2D eigenvalue weighted by Crippen LogP contribution is -1.91. The van der Waals surface area contributed by atoms with Crippen LogP contribution in [0, 0.1) is 6.92 Å². The first kappa shape index (κ1) is 12.3. The Kier molecular flexibility index (Phi) is 3.30. The van der Waals surface area contributed by atoms with E-state index in [1.54, 1.807) is 0 Å². The van der Waals surface area contributed by atoms with Gasteiger partial charge in [-0.2, -0.15) is 0 Å². The summed E-state index contributed by atoms with van der Waals surface area (Å²) in [6.07, 6.45) is 6.47. The van der Waals surface area contributed by atoms with E-state index in [2.05, 4.69) is 51.0 Å². The Morgan fingerprint density at radius 2 is 1.84 bits per heavy atom. The zero-order valence-electron chi connectivity index (χ0n) is 10.6. The minimum atomic E-state index is 0.908. The van der Waals surface area contributed by atoms with Crippen molar-refractivity contribution in [2.75, 3.05) is 0 Å². The molecule has 3 aromatic rings. The Balaban J connectivity index is 2.05. The number of halogens is 1. The Hall–Kier alpha value is -1.74. The summed E-state index contributed by atoms with van der Waals surface area (Å²) in [6.45, 7) is 2.07. The minimum Gasteiger partial charge on any atom is -0.265 e. The van der Waals surface area contributed by atoms with Crippen molar-refractivity contribution >= 4 is 26.8 Å². The van der Waals surface area contributed by atoms with Crippen LogP contribution in [0.4, 0.5) is 0 Å². The summed E-state index contributed by atoms with van der Waals surface area (Å²) in [5, 5.41) is 1.18. The molecular weight excluding hydrogens is 300 g/mol. The number of hydrogen-bond acceptors (Lipinski definition) is 2. The molecule has 1 aromatic carbocycles. The second kappa shape index (κ2) is 5.10. The van der Waals surface area contributed by atoms with E-state index in [1.807, 2.05) is 30.7 Å². The molecule has 0 aliphatic heterocycles. The van der Waals surface area contributed by atoms with Crippen molar-refractivity contribution in [3.8, 4) is 0 Å². The van der Waals surface area contributed by atoms with Crippen LogP contribution in [0.5, 0.6) is 0 Å². The lowest BCUT2D eigenvalue weighted by atomic mass is 10.0. The molecule has 0 bridgehead atoms. The van der Waals surface area contributed by atoms with Gasteiger partial charge in [-0.3, -0.25) is 9.97 Å². The molecule has 0 fully saturated rings. The molecule has 0 aliphatic carbocycles. The normalized spacial score (nSPS) is 10.8. The van der Waals surface area contributed by atoms with Crippen LogP contribution in [0.2, 0.25) is 0 Å². The monoisotopic (exact) mass is 312 g/mol. The van der Waals surface area contributed by atoms with Gasteiger partial charge < -0.3 is 0 Å². The predicted molar refractivity (Wildman–Crippen MR) is 81.2 cm³/mol. The average Bonchev–Trinajstić information content (AvgIpc) is 2.39. The first-order chi connectivity index (χ1) is 9.22. The van der Waals surface area contributed by atoms with E-state index in [9.17, 15) is 0 Å². The van der Waals surface area contributed by atoms with Gasteiger partial charge in [-0.15, -0.1) is 0 Å². The summed E-state index contributed by atoms with van der Waals surface area (Å²) >= 11 is 3.61. The van der Waals surface area contributed by atoms with Gasteiger partial charge >= 0.3 is 0 Å². The molecule has 19 heavy (non-hydrogen) atoms. The van der Waals surface area contributed by atoms with E-state index in [-0.39, 0.29) is 0 Å². The summed E-state index contributed by atoms with van der Waals surface area (Å²) in [7, 11) is 0. The lowest BCUT2D eigenvalue weighted by molar-refractivity contribution is 1.16. The third kappa shape index (κ3) is 2.66. The molecular formula is C16H13BrN2. The molecule has 0 amide bonds. The van der Waals surface area contributed by atoms with E-state index < -0.39 is 0 Å². The highest BCUT2D eigenvalue weighted by molar-refractivity contribution is 9.10. The van der Waals surface area contributed by atoms with Gasteiger partial charge in [0.1, 0.15) is 0 Å². The Labute approximate surface area is 120 Å². The fourth-order valence-electron chi connectivity index (χ4n) is 2.21. The SMILES string of the molecule is Cc1cnc2c(Br)cc(Cc3ccncc3)cc2c1. The van der Waals surface area contributed by atoms with Crippen LogP contribution in [0.3, 0.4) is 0 Å². The molecule has 0 aliphatic rings. The van der Waals surface area contributed by atoms with Crippen LogP contribution < -0.4 is 0 Å². The molecule has 0 radical (unpaired) electrons. The topological polar surface area (TPSA) is 25.8 Å². The largest absolute Gasteiger partial charge is 0.265 e. The van der Waals surface area contributed by atoms with Gasteiger partial charge in [-0.05, 0) is 76.3 Å². The number of nitrogens with zero attached hydrogens (tertiary/aromatic N) is 2. The average molecular weight is 313 g/mol. The molecule has 0 saturated carbocycles. The van der Waals surface area contributed by atoms with Crippen LogP contribution in [0.1, 0.15) is 16.7 Å². The number of benzene rings is 1.